The molecule has 0 aliphatic carbocycles. The number of nitrogens with zero attached hydrogens (tertiary/aromatic N) is 1. The van der Waals surface area contributed by atoms with Gasteiger partial charge in [0.05, 0.1) is 0 Å². The zero-order chi connectivity index (χ0) is 25.7. The van der Waals surface area contributed by atoms with Crippen LogP contribution in [0.25, 0.3) is 22.0 Å². The molecule has 191 valence electrons. The predicted octanol–water partition coefficient (Wildman–Crippen LogP) is 8.47. The van der Waals surface area contributed by atoms with Gasteiger partial charge in [-0.25, -0.2) is 0 Å². The second-order valence-corrected chi connectivity index (χ2v) is 11.2. The zero-order valence-corrected chi connectivity index (χ0v) is 25.0. The van der Waals surface area contributed by atoms with E-state index in [2.05, 4.69) is 68.2 Å². The molecule has 4 heteroatoms. The summed E-state index contributed by atoms with van der Waals surface area (Å²) in [7, 11) is 0. The van der Waals surface area contributed by atoms with Gasteiger partial charge in [-0.3, -0.25) is 4.79 Å². The number of hydrogen-bond donors (Lipinski definition) is 1. The SMILES string of the molecule is CC(C)(C)C(=O)/C=C(\O)C(C)(C)C.CCc1[c-]c(-c2cc3ccccc3cn2)cc(C(C)C)c1.[Ir]. The quantitative estimate of drug-likeness (QED) is 0.175. The summed E-state index contributed by atoms with van der Waals surface area (Å²) in [4.78, 5) is 16.1. The van der Waals surface area contributed by atoms with E-state index in [9.17, 15) is 9.90 Å². The number of allylic oxidation sites excluding steroid dienone is 2. The number of aryl methyl sites for hydroxylation is 1. The largest absolute Gasteiger partial charge is 0.512 e. The summed E-state index contributed by atoms with van der Waals surface area (Å²) in [5, 5.41) is 12.0. The molecule has 1 radical (unpaired) electrons. The first-order valence-electron chi connectivity index (χ1n) is 12.1. The minimum atomic E-state index is -0.417. The van der Waals surface area contributed by atoms with Crippen LogP contribution >= 0.6 is 0 Å². The van der Waals surface area contributed by atoms with Crippen molar-refractivity contribution in [2.45, 2.75) is 74.7 Å². The summed E-state index contributed by atoms with van der Waals surface area (Å²) in [6, 6.07) is 18.5. The van der Waals surface area contributed by atoms with Crippen LogP contribution in [0, 0.1) is 16.9 Å². The Morgan fingerprint density at radius 1 is 1.00 bits per heavy atom. The van der Waals surface area contributed by atoms with E-state index in [1.165, 1.54) is 28.0 Å². The van der Waals surface area contributed by atoms with E-state index in [1.54, 1.807) is 0 Å². The Hall–Kier alpha value is -2.29. The summed E-state index contributed by atoms with van der Waals surface area (Å²) < 4.78 is 0. The van der Waals surface area contributed by atoms with Gasteiger partial charge in [-0.1, -0.05) is 92.6 Å². The van der Waals surface area contributed by atoms with Crippen molar-refractivity contribution in [2.75, 3.05) is 0 Å². The molecule has 0 saturated carbocycles. The molecule has 0 spiro atoms. The average molecular weight is 651 g/mol. The molecule has 0 bridgehead atoms. The molecular weight excluding hydrogens is 611 g/mol. The number of ketones is 1. The van der Waals surface area contributed by atoms with Crippen molar-refractivity contribution in [3.63, 3.8) is 0 Å². The molecule has 0 aliphatic rings. The van der Waals surface area contributed by atoms with Gasteiger partial charge in [0.25, 0.3) is 0 Å². The summed E-state index contributed by atoms with van der Waals surface area (Å²) in [6.45, 7) is 17.7. The van der Waals surface area contributed by atoms with E-state index in [1.807, 2.05) is 53.8 Å². The Labute approximate surface area is 225 Å². The van der Waals surface area contributed by atoms with Crippen molar-refractivity contribution in [3.8, 4) is 11.3 Å². The third-order valence-electron chi connectivity index (χ3n) is 5.68. The topological polar surface area (TPSA) is 50.2 Å². The maximum absolute atomic E-state index is 11.5. The Kier molecular flexibility index (Phi) is 11.1. The minimum absolute atomic E-state index is 0. The number of rotatable bonds is 4. The number of aromatic nitrogens is 1. The summed E-state index contributed by atoms with van der Waals surface area (Å²) >= 11 is 0. The van der Waals surface area contributed by atoms with Crippen molar-refractivity contribution >= 4 is 16.6 Å². The maximum atomic E-state index is 11.5. The van der Waals surface area contributed by atoms with Crippen LogP contribution in [0.2, 0.25) is 0 Å². The van der Waals surface area contributed by atoms with Gasteiger partial charge in [-0.2, -0.15) is 0 Å². The Morgan fingerprint density at radius 2 is 1.60 bits per heavy atom. The maximum Gasteiger partial charge on any atom is 0.164 e. The second-order valence-electron chi connectivity index (χ2n) is 11.2. The Morgan fingerprint density at radius 3 is 2.11 bits per heavy atom. The van der Waals surface area contributed by atoms with Gasteiger partial charge < -0.3 is 10.1 Å². The van der Waals surface area contributed by atoms with Crippen molar-refractivity contribution in [1.29, 1.82) is 0 Å². The van der Waals surface area contributed by atoms with E-state index in [-0.39, 0.29) is 37.1 Å². The number of hydrogen-bond acceptors (Lipinski definition) is 3. The number of carbonyl (C=O) groups is 1. The first-order chi connectivity index (χ1) is 15.7. The fraction of sp³-hybridized carbons (Fsp3) is 0.419. The molecule has 0 unspecified atom stereocenters. The van der Waals surface area contributed by atoms with Crippen LogP contribution in [0.4, 0.5) is 0 Å². The van der Waals surface area contributed by atoms with Gasteiger partial charge in [0.2, 0.25) is 0 Å². The van der Waals surface area contributed by atoms with Crippen LogP contribution in [0.3, 0.4) is 0 Å². The molecule has 3 rings (SSSR count). The molecular formula is C31H40IrNO2-. The van der Waals surface area contributed by atoms with E-state index >= 15 is 0 Å². The minimum Gasteiger partial charge on any atom is -0.512 e. The molecule has 0 atom stereocenters. The fourth-order valence-corrected chi connectivity index (χ4v) is 3.10. The molecule has 2 aromatic carbocycles. The van der Waals surface area contributed by atoms with Crippen LogP contribution in [0.15, 0.2) is 60.5 Å². The first-order valence-corrected chi connectivity index (χ1v) is 12.1. The molecule has 35 heavy (non-hydrogen) atoms. The van der Waals surface area contributed by atoms with Crippen LogP contribution in [-0.2, 0) is 31.3 Å². The van der Waals surface area contributed by atoms with E-state index in [0.29, 0.717) is 5.92 Å². The standard InChI is InChI=1S/C20H20N.C11H20O2.Ir/c1-4-15-9-18(14(2)3)11-19(10-15)20-12-16-7-5-6-8-17(16)13-21-20;1-10(2,3)8(12)7-9(13)11(4,5)6;/h5-9,11-14H,4H2,1-3H3;7,12H,1-6H3;/q-1;;/b;8-7-;. The van der Waals surface area contributed by atoms with Crippen LogP contribution < -0.4 is 0 Å². The Balaban J connectivity index is 0.000000383. The number of carbonyl (C=O) groups excluding carboxylic acids is 1. The van der Waals surface area contributed by atoms with E-state index in [4.69, 9.17) is 0 Å². The predicted molar refractivity (Wildman–Crippen MR) is 144 cm³/mol. The van der Waals surface area contributed by atoms with E-state index < -0.39 is 5.41 Å². The monoisotopic (exact) mass is 651 g/mol. The zero-order valence-electron chi connectivity index (χ0n) is 22.6. The van der Waals surface area contributed by atoms with E-state index in [0.717, 1.165) is 17.7 Å². The van der Waals surface area contributed by atoms with Crippen LogP contribution in [0.1, 0.15) is 79.4 Å². The molecule has 1 N–H and O–H groups in total. The number of aliphatic hydroxyl groups is 1. The smallest absolute Gasteiger partial charge is 0.164 e. The van der Waals surface area contributed by atoms with Crippen LogP contribution in [-0.4, -0.2) is 15.9 Å². The third-order valence-corrected chi connectivity index (χ3v) is 5.68. The summed E-state index contributed by atoms with van der Waals surface area (Å²) in [5.74, 6) is 0.622. The molecule has 0 saturated heterocycles. The summed E-state index contributed by atoms with van der Waals surface area (Å²) in [5.41, 5.74) is 3.96. The molecule has 0 fully saturated rings. The normalized spacial score (nSPS) is 12.1. The molecule has 1 aromatic heterocycles. The van der Waals surface area contributed by atoms with Gasteiger partial charge in [0.1, 0.15) is 5.76 Å². The number of benzene rings is 2. The number of fused-ring (bicyclic) bond motifs is 1. The summed E-state index contributed by atoms with van der Waals surface area (Å²) in [6.07, 6.45) is 4.29. The molecule has 0 amide bonds. The molecule has 0 aliphatic heterocycles. The van der Waals surface area contributed by atoms with Gasteiger partial charge in [-0.05, 0) is 28.8 Å². The molecule has 3 aromatic rings. The van der Waals surface area contributed by atoms with Crippen LogP contribution in [0.5, 0.6) is 0 Å². The first kappa shape index (κ1) is 30.7. The van der Waals surface area contributed by atoms with Crippen molar-refractivity contribution in [1.82, 2.24) is 4.98 Å². The van der Waals surface area contributed by atoms with Gasteiger partial charge in [-0.15, -0.1) is 34.9 Å². The average Bonchev–Trinajstić information content (AvgIpc) is 2.77. The fourth-order valence-electron chi connectivity index (χ4n) is 3.10. The van der Waals surface area contributed by atoms with Crippen molar-refractivity contribution < 1.29 is 30.0 Å². The van der Waals surface area contributed by atoms with Gasteiger partial charge in [0, 0.05) is 43.2 Å². The molecule has 1 heterocycles. The second kappa shape index (κ2) is 12.6. The third kappa shape index (κ3) is 9.02. The van der Waals surface area contributed by atoms with Crippen molar-refractivity contribution in [2.24, 2.45) is 10.8 Å². The van der Waals surface area contributed by atoms with Gasteiger partial charge >= 0.3 is 0 Å². The van der Waals surface area contributed by atoms with Crippen molar-refractivity contribution in [3.05, 3.63) is 77.7 Å². The number of aliphatic hydroxyl groups excluding tert-OH is 1. The van der Waals surface area contributed by atoms with Gasteiger partial charge in [0.15, 0.2) is 5.78 Å². The number of pyridine rings is 1. The Bertz CT molecular complexity index is 1160. The molecule has 3 nitrogen and oxygen atoms in total.